The van der Waals surface area contributed by atoms with Crippen molar-refractivity contribution in [1.82, 2.24) is 35.9 Å². The van der Waals surface area contributed by atoms with E-state index in [4.69, 9.17) is 16.6 Å². The van der Waals surface area contributed by atoms with Crippen molar-refractivity contribution in [2.24, 2.45) is 11.5 Å². The molecule has 0 aliphatic heterocycles. The number of hydrogen-bond donors (Lipinski definition) is 9. The van der Waals surface area contributed by atoms with E-state index in [1.165, 1.54) is 25.0 Å². The molecule has 4 atom stereocenters. The molecule has 4 unspecified atom stereocenters. The van der Waals surface area contributed by atoms with Crippen LogP contribution in [0.15, 0.2) is 25.0 Å². The van der Waals surface area contributed by atoms with Crippen LogP contribution in [0.3, 0.4) is 0 Å². The zero-order valence-electron chi connectivity index (χ0n) is 19.1. The Labute approximate surface area is 204 Å². The van der Waals surface area contributed by atoms with Gasteiger partial charge in [0.15, 0.2) is 0 Å². The first-order valence-electron chi connectivity index (χ1n) is 10.8. The van der Waals surface area contributed by atoms with Crippen LogP contribution in [0.5, 0.6) is 0 Å². The van der Waals surface area contributed by atoms with Crippen LogP contribution < -0.4 is 27.4 Å². The van der Waals surface area contributed by atoms with Crippen LogP contribution in [-0.4, -0.2) is 90.5 Å². The normalized spacial score (nSPS) is 14.2. The molecule has 2 aromatic rings. The number of aromatic nitrogens is 4. The third kappa shape index (κ3) is 8.80. The van der Waals surface area contributed by atoms with Gasteiger partial charge in [0.2, 0.25) is 23.6 Å². The number of aromatic amines is 2. The predicted molar refractivity (Wildman–Crippen MR) is 122 cm³/mol. The molecule has 16 heteroatoms. The van der Waals surface area contributed by atoms with E-state index in [0.29, 0.717) is 11.4 Å². The number of carboxylic acid groups (broad SMARTS) is 1. The monoisotopic (exact) mass is 507 g/mol. The van der Waals surface area contributed by atoms with E-state index >= 15 is 0 Å². The number of H-pyrrole nitrogens is 2. The van der Waals surface area contributed by atoms with Crippen molar-refractivity contribution < 1.29 is 34.2 Å². The summed E-state index contributed by atoms with van der Waals surface area (Å²) < 4.78 is 0. The molecule has 0 fully saturated rings. The number of nitrogens with one attached hydrogen (secondary N) is 5. The summed E-state index contributed by atoms with van der Waals surface area (Å²) in [6.07, 6.45) is 5.26. The molecule has 11 N–H and O–H groups in total. The van der Waals surface area contributed by atoms with Crippen molar-refractivity contribution in [3.8, 4) is 0 Å². The lowest BCUT2D eigenvalue weighted by molar-refractivity contribution is -0.143. The fourth-order valence-electron chi connectivity index (χ4n) is 3.09. The second-order valence-corrected chi connectivity index (χ2v) is 7.88. The molecule has 0 spiro atoms. The quantitative estimate of drug-likeness (QED) is 0.113. The predicted octanol–water partition coefficient (Wildman–Crippen LogP) is -3.96. The zero-order chi connectivity index (χ0) is 26.7. The van der Waals surface area contributed by atoms with Gasteiger partial charge in [-0.3, -0.25) is 19.2 Å². The molecule has 16 nitrogen and oxygen atoms in total. The molecule has 2 heterocycles. The third-order valence-electron chi connectivity index (χ3n) is 5.06. The fraction of sp³-hybridized carbons (Fsp3) is 0.450. The number of nitrogens with zero attached hydrogens (tertiary/aromatic N) is 2. The van der Waals surface area contributed by atoms with Crippen molar-refractivity contribution in [2.45, 2.75) is 49.9 Å². The van der Waals surface area contributed by atoms with Crippen LogP contribution in [0.2, 0.25) is 0 Å². The Morgan fingerprint density at radius 3 is 1.72 bits per heavy atom. The van der Waals surface area contributed by atoms with Gasteiger partial charge in [-0.15, -0.1) is 0 Å². The van der Waals surface area contributed by atoms with Gasteiger partial charge in [-0.25, -0.2) is 14.8 Å². The summed E-state index contributed by atoms with van der Waals surface area (Å²) in [7, 11) is 0. The number of primary amides is 1. The maximum atomic E-state index is 13.2. The minimum Gasteiger partial charge on any atom is -0.480 e. The molecule has 0 aliphatic rings. The van der Waals surface area contributed by atoms with E-state index in [2.05, 4.69) is 35.9 Å². The van der Waals surface area contributed by atoms with Crippen molar-refractivity contribution in [1.29, 1.82) is 0 Å². The van der Waals surface area contributed by atoms with E-state index in [1.807, 2.05) is 0 Å². The fourth-order valence-corrected chi connectivity index (χ4v) is 3.09. The average molecular weight is 508 g/mol. The van der Waals surface area contributed by atoms with Gasteiger partial charge >= 0.3 is 5.97 Å². The summed E-state index contributed by atoms with van der Waals surface area (Å²) in [4.78, 5) is 74.0. The molecule has 196 valence electrons. The number of carbonyl (C=O) groups excluding carboxylic acids is 4. The molecule has 36 heavy (non-hydrogen) atoms. The highest BCUT2D eigenvalue weighted by atomic mass is 16.4. The van der Waals surface area contributed by atoms with Gasteiger partial charge < -0.3 is 47.6 Å². The second-order valence-electron chi connectivity index (χ2n) is 7.88. The molecule has 0 aromatic carbocycles. The summed E-state index contributed by atoms with van der Waals surface area (Å²) in [5.74, 6) is -4.50. The SMILES string of the molecule is NC(=O)CCC(N)C(=O)NC(Cc1cnc[nH]1)C(=O)NC(Cc1cnc[nH]1)C(=O)NC(CO)C(=O)O. The van der Waals surface area contributed by atoms with E-state index in [1.54, 1.807) is 0 Å². The van der Waals surface area contributed by atoms with Crippen LogP contribution in [0.1, 0.15) is 24.2 Å². The highest BCUT2D eigenvalue weighted by molar-refractivity contribution is 5.94. The van der Waals surface area contributed by atoms with E-state index in [-0.39, 0.29) is 25.7 Å². The molecule has 0 saturated carbocycles. The summed E-state index contributed by atoms with van der Waals surface area (Å²) in [5, 5.41) is 25.5. The summed E-state index contributed by atoms with van der Waals surface area (Å²) in [6, 6.07) is -5.24. The van der Waals surface area contributed by atoms with E-state index in [9.17, 15) is 29.1 Å². The minimum atomic E-state index is -1.59. The molecule has 2 aromatic heterocycles. The number of amides is 4. The Bertz CT molecular complexity index is 1030. The Hall–Kier alpha value is -4.31. The Morgan fingerprint density at radius 2 is 1.33 bits per heavy atom. The number of imidazole rings is 2. The van der Waals surface area contributed by atoms with Gasteiger partial charge in [0, 0.05) is 43.0 Å². The summed E-state index contributed by atoms with van der Waals surface area (Å²) in [5.41, 5.74) is 11.8. The number of aliphatic hydroxyl groups excluding tert-OH is 1. The van der Waals surface area contributed by atoms with Crippen LogP contribution in [0.25, 0.3) is 0 Å². The van der Waals surface area contributed by atoms with Crippen molar-refractivity contribution >= 4 is 29.6 Å². The largest absolute Gasteiger partial charge is 0.480 e. The molecule has 0 aliphatic carbocycles. The number of rotatable bonds is 15. The Morgan fingerprint density at radius 1 is 0.861 bits per heavy atom. The van der Waals surface area contributed by atoms with Gasteiger partial charge in [0.1, 0.15) is 18.1 Å². The molecular formula is C20H29N9O7. The summed E-state index contributed by atoms with van der Waals surface area (Å²) >= 11 is 0. The number of aliphatic carboxylic acids is 1. The zero-order valence-corrected chi connectivity index (χ0v) is 19.1. The molecule has 0 saturated heterocycles. The topological polar surface area (TPSA) is 271 Å². The first-order chi connectivity index (χ1) is 17.1. The van der Waals surface area contributed by atoms with Gasteiger partial charge in [0.25, 0.3) is 0 Å². The average Bonchev–Trinajstić information content (AvgIpc) is 3.53. The number of carboxylic acids is 1. The van der Waals surface area contributed by atoms with Gasteiger partial charge in [0.05, 0.1) is 25.3 Å². The molecule has 0 bridgehead atoms. The van der Waals surface area contributed by atoms with Crippen LogP contribution in [0, 0.1) is 0 Å². The second kappa shape index (κ2) is 13.5. The van der Waals surface area contributed by atoms with E-state index < -0.39 is 60.4 Å². The van der Waals surface area contributed by atoms with Crippen LogP contribution in [0.4, 0.5) is 0 Å². The lowest BCUT2D eigenvalue weighted by atomic mass is 10.1. The van der Waals surface area contributed by atoms with Crippen LogP contribution >= 0.6 is 0 Å². The Kier molecular flexibility index (Phi) is 10.5. The first-order valence-corrected chi connectivity index (χ1v) is 10.8. The molecule has 0 radical (unpaired) electrons. The van der Waals surface area contributed by atoms with Crippen molar-refractivity contribution in [2.75, 3.05) is 6.61 Å². The van der Waals surface area contributed by atoms with Gasteiger partial charge in [-0.2, -0.15) is 0 Å². The highest BCUT2D eigenvalue weighted by Gasteiger charge is 2.31. The molecule has 4 amide bonds. The highest BCUT2D eigenvalue weighted by Crippen LogP contribution is 2.05. The lowest BCUT2D eigenvalue weighted by Crippen LogP contribution is -2.58. The van der Waals surface area contributed by atoms with E-state index in [0.717, 1.165) is 0 Å². The molecular weight excluding hydrogens is 478 g/mol. The Balaban J connectivity index is 2.20. The number of aliphatic hydroxyl groups is 1. The van der Waals surface area contributed by atoms with Gasteiger partial charge in [-0.05, 0) is 6.42 Å². The number of hydrogen-bond acceptors (Lipinski definition) is 9. The summed E-state index contributed by atoms with van der Waals surface area (Å²) in [6.45, 7) is -0.868. The smallest absolute Gasteiger partial charge is 0.328 e. The minimum absolute atomic E-state index is 0.0395. The van der Waals surface area contributed by atoms with Gasteiger partial charge in [-0.1, -0.05) is 0 Å². The lowest BCUT2D eigenvalue weighted by Gasteiger charge is -2.24. The standard InChI is InChI=1S/C20H29N9O7/c21-12(1-2-16(22)31)17(32)27-13(3-10-5-23-8-25-10)18(33)28-14(4-11-6-24-9-26-11)19(34)29-15(7-30)20(35)36/h5-6,8-9,12-15,30H,1-4,7,21H2,(H2,22,31)(H,23,25)(H,24,26)(H,27,32)(H,28,33)(H,29,34)(H,35,36). The maximum absolute atomic E-state index is 13.2. The number of nitrogens with two attached hydrogens (primary N) is 2. The van der Waals surface area contributed by atoms with Crippen molar-refractivity contribution in [3.63, 3.8) is 0 Å². The third-order valence-corrected chi connectivity index (χ3v) is 5.06. The number of carbonyl (C=O) groups is 5. The van der Waals surface area contributed by atoms with Crippen LogP contribution in [-0.2, 0) is 36.8 Å². The van der Waals surface area contributed by atoms with Crippen molar-refractivity contribution in [3.05, 3.63) is 36.4 Å². The maximum Gasteiger partial charge on any atom is 0.328 e. The first kappa shape index (κ1) is 27.9. The molecule has 2 rings (SSSR count).